The third kappa shape index (κ3) is 5.44. The van der Waals surface area contributed by atoms with Gasteiger partial charge in [0.05, 0.1) is 16.7 Å². The molecule has 0 amide bonds. The van der Waals surface area contributed by atoms with Crippen molar-refractivity contribution in [3.8, 4) is 0 Å². The van der Waals surface area contributed by atoms with Crippen LogP contribution in [0, 0.1) is 5.82 Å². The smallest absolute Gasteiger partial charge is 0.137 e. The summed E-state index contributed by atoms with van der Waals surface area (Å²) < 4.78 is 19.3. The number of halogens is 2. The zero-order valence-electron chi connectivity index (χ0n) is 11.0. The number of rotatable bonds is 5. The molecule has 0 fully saturated rings. The highest BCUT2D eigenvalue weighted by atomic mass is 79.9. The molecular formula is C13H20BrFN2O. The van der Waals surface area contributed by atoms with E-state index in [1.165, 1.54) is 6.07 Å². The van der Waals surface area contributed by atoms with Crippen LogP contribution in [0.25, 0.3) is 0 Å². The molecule has 0 spiro atoms. The molecule has 102 valence electrons. The van der Waals surface area contributed by atoms with Crippen molar-refractivity contribution in [2.75, 3.05) is 6.61 Å². The maximum Gasteiger partial charge on any atom is 0.137 e. The minimum absolute atomic E-state index is 0.00147. The minimum atomic E-state index is -0.262. The molecule has 18 heavy (non-hydrogen) atoms. The van der Waals surface area contributed by atoms with Crippen LogP contribution >= 0.6 is 15.9 Å². The third-order valence-corrected chi connectivity index (χ3v) is 3.03. The summed E-state index contributed by atoms with van der Waals surface area (Å²) in [6, 6.07) is 4.96. The van der Waals surface area contributed by atoms with E-state index in [1.54, 1.807) is 12.1 Å². The first-order chi connectivity index (χ1) is 8.31. The molecule has 0 aliphatic rings. The molecule has 0 heterocycles. The summed E-state index contributed by atoms with van der Waals surface area (Å²) in [4.78, 5) is 0. The normalized spacial score (nSPS) is 13.7. The van der Waals surface area contributed by atoms with Crippen molar-refractivity contribution in [2.24, 2.45) is 5.84 Å². The molecule has 3 nitrogen and oxygen atoms in total. The van der Waals surface area contributed by atoms with Crippen LogP contribution in [0.2, 0.25) is 0 Å². The van der Waals surface area contributed by atoms with Gasteiger partial charge in [0.15, 0.2) is 0 Å². The Morgan fingerprint density at radius 3 is 2.61 bits per heavy atom. The van der Waals surface area contributed by atoms with Crippen molar-refractivity contribution in [2.45, 2.75) is 38.8 Å². The topological polar surface area (TPSA) is 47.3 Å². The highest BCUT2D eigenvalue weighted by Gasteiger charge is 2.15. The average molecular weight is 319 g/mol. The highest BCUT2D eigenvalue weighted by Crippen LogP contribution is 2.18. The molecule has 0 aromatic heterocycles. The SMILES string of the molecule is CC(C)(C)OCC(Cc1ccc(F)c(Br)c1)NN. The first-order valence-electron chi connectivity index (χ1n) is 5.86. The molecule has 5 heteroatoms. The van der Waals surface area contributed by atoms with E-state index in [0.29, 0.717) is 17.5 Å². The standard InChI is InChI=1S/C13H20BrFN2O/c1-13(2,3)18-8-10(17-16)6-9-4-5-12(15)11(14)7-9/h4-5,7,10,17H,6,8,16H2,1-3H3. The Morgan fingerprint density at radius 1 is 1.44 bits per heavy atom. The van der Waals surface area contributed by atoms with E-state index in [2.05, 4.69) is 21.4 Å². The second-order valence-electron chi connectivity index (χ2n) is 5.24. The lowest BCUT2D eigenvalue weighted by atomic mass is 10.1. The van der Waals surface area contributed by atoms with Gasteiger partial charge in [-0.15, -0.1) is 0 Å². The Hall–Kier alpha value is -0.490. The molecule has 0 saturated heterocycles. The van der Waals surface area contributed by atoms with Gasteiger partial charge in [-0.2, -0.15) is 0 Å². The molecule has 0 aliphatic carbocycles. The van der Waals surface area contributed by atoms with Crippen LogP contribution in [-0.4, -0.2) is 18.2 Å². The summed E-state index contributed by atoms with van der Waals surface area (Å²) in [6.07, 6.45) is 0.686. The molecule has 0 bridgehead atoms. The lowest BCUT2D eigenvalue weighted by Gasteiger charge is -2.24. The molecule has 1 aromatic carbocycles. The number of hydrogen-bond donors (Lipinski definition) is 2. The summed E-state index contributed by atoms with van der Waals surface area (Å²) >= 11 is 3.17. The van der Waals surface area contributed by atoms with E-state index in [4.69, 9.17) is 10.6 Å². The summed E-state index contributed by atoms with van der Waals surface area (Å²) in [6.45, 7) is 6.49. The Kier molecular flexibility index (Phi) is 5.72. The second-order valence-corrected chi connectivity index (χ2v) is 6.09. The number of hydrazine groups is 1. The average Bonchev–Trinajstić information content (AvgIpc) is 2.28. The fourth-order valence-corrected chi connectivity index (χ4v) is 1.89. The zero-order valence-corrected chi connectivity index (χ0v) is 12.6. The van der Waals surface area contributed by atoms with Crippen molar-refractivity contribution >= 4 is 15.9 Å². The van der Waals surface area contributed by atoms with E-state index in [-0.39, 0.29) is 17.5 Å². The van der Waals surface area contributed by atoms with Gasteiger partial charge in [-0.25, -0.2) is 4.39 Å². The Balaban J connectivity index is 2.59. The van der Waals surface area contributed by atoms with Crippen molar-refractivity contribution in [1.82, 2.24) is 5.43 Å². The largest absolute Gasteiger partial charge is 0.374 e. The van der Waals surface area contributed by atoms with Crippen molar-refractivity contribution < 1.29 is 9.13 Å². The number of hydrogen-bond acceptors (Lipinski definition) is 3. The van der Waals surface area contributed by atoms with Crippen molar-refractivity contribution in [1.29, 1.82) is 0 Å². The number of ether oxygens (including phenoxy) is 1. The van der Waals surface area contributed by atoms with Gasteiger partial charge in [0.25, 0.3) is 0 Å². The van der Waals surface area contributed by atoms with Crippen LogP contribution in [0.5, 0.6) is 0 Å². The van der Waals surface area contributed by atoms with Crippen molar-refractivity contribution in [3.63, 3.8) is 0 Å². The fraction of sp³-hybridized carbons (Fsp3) is 0.538. The van der Waals surface area contributed by atoms with E-state index >= 15 is 0 Å². The zero-order chi connectivity index (χ0) is 13.8. The molecule has 1 rings (SSSR count). The van der Waals surface area contributed by atoms with Gasteiger partial charge < -0.3 is 4.74 Å². The number of nitrogens with two attached hydrogens (primary N) is 1. The third-order valence-electron chi connectivity index (χ3n) is 2.42. The maximum absolute atomic E-state index is 13.1. The van der Waals surface area contributed by atoms with Crippen LogP contribution in [0.3, 0.4) is 0 Å². The Labute approximate surface area is 116 Å². The van der Waals surface area contributed by atoms with Crippen LogP contribution in [-0.2, 0) is 11.2 Å². The molecule has 0 radical (unpaired) electrons. The van der Waals surface area contributed by atoms with Gasteiger partial charge in [0.1, 0.15) is 5.82 Å². The molecule has 1 unspecified atom stereocenters. The first-order valence-corrected chi connectivity index (χ1v) is 6.65. The van der Waals surface area contributed by atoms with Crippen LogP contribution in [0.4, 0.5) is 4.39 Å². The van der Waals surface area contributed by atoms with Gasteiger partial charge >= 0.3 is 0 Å². The van der Waals surface area contributed by atoms with Crippen LogP contribution in [0.1, 0.15) is 26.3 Å². The summed E-state index contributed by atoms with van der Waals surface area (Å²) in [5, 5.41) is 0. The molecule has 1 aromatic rings. The lowest BCUT2D eigenvalue weighted by Crippen LogP contribution is -2.42. The second kappa shape index (κ2) is 6.61. The summed E-state index contributed by atoms with van der Waals surface area (Å²) in [7, 11) is 0. The van der Waals surface area contributed by atoms with E-state index in [9.17, 15) is 4.39 Å². The first kappa shape index (κ1) is 15.6. The van der Waals surface area contributed by atoms with Gasteiger partial charge in [0, 0.05) is 6.04 Å². The van der Waals surface area contributed by atoms with Gasteiger partial charge in [-0.05, 0) is 60.8 Å². The lowest BCUT2D eigenvalue weighted by molar-refractivity contribution is -0.0143. The summed E-state index contributed by atoms with van der Waals surface area (Å²) in [5.41, 5.74) is 3.53. The van der Waals surface area contributed by atoms with Gasteiger partial charge in [0.2, 0.25) is 0 Å². The minimum Gasteiger partial charge on any atom is -0.374 e. The predicted molar refractivity (Wildman–Crippen MR) is 74.6 cm³/mol. The monoisotopic (exact) mass is 318 g/mol. The molecule has 3 N–H and O–H groups in total. The van der Waals surface area contributed by atoms with E-state index < -0.39 is 0 Å². The van der Waals surface area contributed by atoms with Gasteiger partial charge in [-0.3, -0.25) is 11.3 Å². The van der Waals surface area contributed by atoms with E-state index in [1.807, 2.05) is 20.8 Å². The molecule has 0 saturated carbocycles. The van der Waals surface area contributed by atoms with Crippen LogP contribution < -0.4 is 11.3 Å². The predicted octanol–water partition coefficient (Wildman–Crippen LogP) is 2.78. The molecule has 1 atom stereocenters. The van der Waals surface area contributed by atoms with Gasteiger partial charge in [-0.1, -0.05) is 6.07 Å². The summed E-state index contributed by atoms with van der Waals surface area (Å²) in [5.74, 6) is 5.24. The Morgan fingerprint density at radius 2 is 2.11 bits per heavy atom. The molecular weight excluding hydrogens is 299 g/mol. The highest BCUT2D eigenvalue weighted by molar-refractivity contribution is 9.10. The van der Waals surface area contributed by atoms with Crippen LogP contribution in [0.15, 0.2) is 22.7 Å². The Bertz CT molecular complexity index is 393. The fourth-order valence-electron chi connectivity index (χ4n) is 1.47. The quantitative estimate of drug-likeness (QED) is 0.648. The number of benzene rings is 1. The van der Waals surface area contributed by atoms with Crippen molar-refractivity contribution in [3.05, 3.63) is 34.1 Å². The number of nitrogens with one attached hydrogen (secondary N) is 1. The van der Waals surface area contributed by atoms with E-state index in [0.717, 1.165) is 5.56 Å². The molecule has 0 aliphatic heterocycles. The maximum atomic E-state index is 13.1.